The maximum atomic E-state index is 12.0. The Morgan fingerprint density at radius 2 is 2.00 bits per heavy atom. The molecule has 0 saturated heterocycles. The molecule has 0 aliphatic rings. The smallest absolute Gasteiger partial charge is 0.188 e. The normalized spacial score (nSPS) is 16.1. The second-order valence-electron chi connectivity index (χ2n) is 7.39. The van der Waals surface area contributed by atoms with Crippen LogP contribution in [0.15, 0.2) is 28.7 Å². The zero-order valence-electron chi connectivity index (χ0n) is 14.8. The highest BCUT2D eigenvalue weighted by Crippen LogP contribution is 2.43. The molecular weight excluding hydrogens is 346 g/mol. The molecule has 0 aliphatic heterocycles. The third kappa shape index (κ3) is 6.23. The van der Waals surface area contributed by atoms with E-state index in [1.54, 1.807) is 6.21 Å². The van der Waals surface area contributed by atoms with E-state index < -0.39 is 19.7 Å². The molecule has 3 nitrogen and oxygen atoms in total. The van der Waals surface area contributed by atoms with Gasteiger partial charge in [-0.15, -0.1) is 0 Å². The van der Waals surface area contributed by atoms with Crippen LogP contribution in [0.2, 0.25) is 23.2 Å². The number of halogens is 1. The average Bonchev–Trinajstić information content (AvgIpc) is 2.41. The van der Waals surface area contributed by atoms with E-state index in [4.69, 9.17) is 11.6 Å². The van der Waals surface area contributed by atoms with Crippen molar-refractivity contribution in [1.82, 2.24) is 0 Å². The van der Waals surface area contributed by atoms with Gasteiger partial charge in [-0.05, 0) is 56.1 Å². The minimum Gasteiger partial charge on any atom is -0.591 e. The predicted molar refractivity (Wildman–Crippen MR) is 104 cm³/mol. The van der Waals surface area contributed by atoms with Crippen LogP contribution in [0.1, 0.15) is 45.6 Å². The Hall–Kier alpha value is -0.333. The van der Waals surface area contributed by atoms with Gasteiger partial charge in [-0.3, -0.25) is 0 Å². The molecule has 130 valence electrons. The topological polar surface area (TPSA) is 55.7 Å². The highest BCUT2D eigenvalue weighted by Gasteiger charge is 2.39. The number of nitrogens with zero attached hydrogens (tertiary/aromatic N) is 1. The largest absolute Gasteiger partial charge is 0.591 e. The van der Waals surface area contributed by atoms with Crippen molar-refractivity contribution in [2.24, 2.45) is 4.40 Å². The van der Waals surface area contributed by atoms with E-state index in [-0.39, 0.29) is 16.2 Å². The molecule has 1 aromatic carbocycles. The Morgan fingerprint density at radius 3 is 2.48 bits per heavy atom. The summed E-state index contributed by atoms with van der Waals surface area (Å²) in [6, 6.07) is 7.66. The Bertz CT molecular complexity index is 544. The molecule has 0 saturated carbocycles. The maximum Gasteiger partial charge on any atom is 0.188 e. The molecule has 1 aromatic rings. The third-order valence-electron chi connectivity index (χ3n) is 4.41. The predicted octanol–water partition coefficient (Wildman–Crippen LogP) is 4.93. The van der Waals surface area contributed by atoms with Crippen molar-refractivity contribution in [2.45, 2.75) is 63.4 Å². The molecule has 1 rings (SSSR count). The summed E-state index contributed by atoms with van der Waals surface area (Å²) in [4.78, 5) is 10.6. The fourth-order valence-corrected chi connectivity index (χ4v) is 3.48. The summed E-state index contributed by atoms with van der Waals surface area (Å²) in [5.74, 6) is -0.0228. The van der Waals surface area contributed by atoms with Crippen molar-refractivity contribution in [2.75, 3.05) is 0 Å². The highest BCUT2D eigenvalue weighted by molar-refractivity contribution is 7.90. The molecule has 0 radical (unpaired) electrons. The second-order valence-corrected chi connectivity index (χ2v) is 14.0. The van der Waals surface area contributed by atoms with E-state index in [1.807, 2.05) is 51.2 Å². The van der Waals surface area contributed by atoms with Gasteiger partial charge < -0.3 is 9.35 Å². The Balaban J connectivity index is 3.12. The van der Waals surface area contributed by atoms with Crippen LogP contribution in [0.3, 0.4) is 0 Å². The average molecular weight is 374 g/mol. The molecular formula is C17H28ClNO2SSi. The number of benzene rings is 1. The van der Waals surface area contributed by atoms with Crippen LogP contribution in [0.4, 0.5) is 0 Å². The lowest BCUT2D eigenvalue weighted by Crippen LogP contribution is -2.40. The van der Waals surface area contributed by atoms with Crippen molar-refractivity contribution in [1.29, 1.82) is 0 Å². The summed E-state index contributed by atoms with van der Waals surface area (Å²) in [5, 5.41) is 0.456. The van der Waals surface area contributed by atoms with Crippen molar-refractivity contribution < 1.29 is 9.35 Å². The lowest BCUT2D eigenvalue weighted by Gasteiger charge is -2.37. The fourth-order valence-electron chi connectivity index (χ4n) is 2.05. The van der Waals surface area contributed by atoms with Crippen molar-refractivity contribution in [3.05, 3.63) is 34.9 Å². The fraction of sp³-hybridized carbons (Fsp3) is 0.588. The van der Waals surface area contributed by atoms with Crippen molar-refractivity contribution in [3.63, 3.8) is 0 Å². The van der Waals surface area contributed by atoms with Crippen molar-refractivity contribution >= 4 is 37.5 Å². The SMILES string of the molecule is CC(C)[S@@+]([O-])/N=C/[C@H](CC(C)(C)[Si](C)(C)O)c1cccc(Cl)c1. The van der Waals surface area contributed by atoms with Crippen LogP contribution in [0.5, 0.6) is 0 Å². The van der Waals surface area contributed by atoms with E-state index in [1.165, 1.54) is 0 Å². The van der Waals surface area contributed by atoms with Crippen LogP contribution < -0.4 is 0 Å². The molecule has 6 heteroatoms. The van der Waals surface area contributed by atoms with Crippen LogP contribution in [-0.4, -0.2) is 29.1 Å². The summed E-state index contributed by atoms with van der Waals surface area (Å²) in [7, 11) is -2.34. The molecule has 0 aliphatic carbocycles. The van der Waals surface area contributed by atoms with Gasteiger partial charge in [0.15, 0.2) is 8.32 Å². The van der Waals surface area contributed by atoms with E-state index in [9.17, 15) is 9.35 Å². The van der Waals surface area contributed by atoms with Gasteiger partial charge in [-0.2, -0.15) is 0 Å². The summed E-state index contributed by atoms with van der Waals surface area (Å²) < 4.78 is 16.2. The minimum absolute atomic E-state index is 0.0112. The first-order valence-corrected chi connectivity index (χ1v) is 12.4. The van der Waals surface area contributed by atoms with E-state index in [2.05, 4.69) is 18.2 Å². The molecule has 0 spiro atoms. The van der Waals surface area contributed by atoms with E-state index in [0.29, 0.717) is 5.02 Å². The number of rotatable bonds is 7. The van der Waals surface area contributed by atoms with Gasteiger partial charge >= 0.3 is 0 Å². The maximum absolute atomic E-state index is 12.0. The number of hydrogen-bond acceptors (Lipinski definition) is 3. The Kier molecular flexibility index (Phi) is 7.35. The minimum atomic E-state index is -2.34. The molecule has 23 heavy (non-hydrogen) atoms. The first-order chi connectivity index (χ1) is 10.4. The Morgan fingerprint density at radius 1 is 1.39 bits per heavy atom. The molecule has 0 heterocycles. The van der Waals surface area contributed by atoms with Gasteiger partial charge in [0.05, 0.1) is 17.6 Å². The summed E-state index contributed by atoms with van der Waals surface area (Å²) >= 11 is 4.88. The Labute approximate surface area is 149 Å². The van der Waals surface area contributed by atoms with Gasteiger partial charge in [0.2, 0.25) is 0 Å². The van der Waals surface area contributed by atoms with Gasteiger partial charge in [0, 0.05) is 10.9 Å². The molecule has 0 unspecified atom stereocenters. The second kappa shape index (κ2) is 8.16. The highest BCUT2D eigenvalue weighted by atomic mass is 35.5. The molecule has 0 aromatic heterocycles. The first-order valence-electron chi connectivity index (χ1n) is 7.87. The molecule has 0 fully saturated rings. The summed E-state index contributed by atoms with van der Waals surface area (Å²) in [6.07, 6.45) is 2.51. The third-order valence-corrected chi connectivity index (χ3v) is 9.30. The quantitative estimate of drug-likeness (QED) is 0.418. The zero-order chi connectivity index (χ0) is 17.8. The van der Waals surface area contributed by atoms with Gasteiger partial charge in [-0.1, -0.05) is 42.0 Å². The zero-order valence-corrected chi connectivity index (χ0v) is 17.4. The number of hydrogen-bond donors (Lipinski definition) is 1. The summed E-state index contributed by atoms with van der Waals surface area (Å²) in [6.45, 7) is 11.8. The molecule has 1 N–H and O–H groups in total. The molecule has 2 atom stereocenters. The van der Waals surface area contributed by atoms with Crippen LogP contribution in [-0.2, 0) is 11.4 Å². The van der Waals surface area contributed by atoms with Crippen LogP contribution >= 0.6 is 11.6 Å². The van der Waals surface area contributed by atoms with Crippen LogP contribution in [0, 0.1) is 0 Å². The van der Waals surface area contributed by atoms with Crippen molar-refractivity contribution in [3.8, 4) is 0 Å². The first kappa shape index (κ1) is 20.7. The molecule has 0 bridgehead atoms. The van der Waals surface area contributed by atoms with Gasteiger partial charge in [0.25, 0.3) is 0 Å². The van der Waals surface area contributed by atoms with Gasteiger partial charge in [-0.25, -0.2) is 0 Å². The van der Waals surface area contributed by atoms with Gasteiger partial charge in [0.1, 0.15) is 5.25 Å². The monoisotopic (exact) mass is 373 g/mol. The summed E-state index contributed by atoms with van der Waals surface area (Å²) in [5.41, 5.74) is 1.04. The van der Waals surface area contributed by atoms with E-state index >= 15 is 0 Å². The lowest BCUT2D eigenvalue weighted by molar-refractivity contribution is 0.445. The standard InChI is InChI=1S/C17H28ClNO2SSi/c1-13(2)22(20)19-12-15(11-17(3,4)23(5,6)21)14-8-7-9-16(18)10-14/h7-10,12-13,15,21H,11H2,1-6H3/b19-12+/t15-,22+/m0/s1. The van der Waals surface area contributed by atoms with Crippen LogP contribution in [0.25, 0.3) is 0 Å². The lowest BCUT2D eigenvalue weighted by atomic mass is 9.90. The van der Waals surface area contributed by atoms with E-state index in [0.717, 1.165) is 12.0 Å². The molecule has 0 amide bonds.